The van der Waals surface area contributed by atoms with Gasteiger partial charge in [-0.3, -0.25) is 0 Å². The second-order valence-electron chi connectivity index (χ2n) is 2.10. The summed E-state index contributed by atoms with van der Waals surface area (Å²) in [6.45, 7) is 3.28. The molecule has 60 valence electrons. The van der Waals surface area contributed by atoms with Crippen LogP contribution in [0.3, 0.4) is 0 Å². The summed E-state index contributed by atoms with van der Waals surface area (Å²) in [5.74, 6) is 0. The molecule has 1 nitrogen and oxygen atoms in total. The van der Waals surface area contributed by atoms with Crippen molar-refractivity contribution in [3.05, 3.63) is 12.7 Å². The van der Waals surface area contributed by atoms with Crippen molar-refractivity contribution in [3.8, 4) is 0 Å². The molecule has 0 radical (unpaired) electrons. The third-order valence-electron chi connectivity index (χ3n) is 0.963. The summed E-state index contributed by atoms with van der Waals surface area (Å²) in [5, 5.41) is 0. The van der Waals surface area contributed by atoms with Crippen LogP contribution in [-0.2, 0) is 0 Å². The van der Waals surface area contributed by atoms with Crippen LogP contribution >= 0.6 is 0 Å². The van der Waals surface area contributed by atoms with Crippen molar-refractivity contribution in [1.29, 1.82) is 0 Å². The SMILES string of the molecule is C=CC[C@@H](N)CC(F)(F)F. The average Bonchev–Trinajstić information content (AvgIpc) is 1.59. The smallest absolute Gasteiger partial charge is 0.327 e. The predicted molar refractivity (Wildman–Crippen MR) is 33.5 cm³/mol. The number of halogens is 3. The van der Waals surface area contributed by atoms with Gasteiger partial charge < -0.3 is 5.73 Å². The molecule has 10 heavy (non-hydrogen) atoms. The Balaban J connectivity index is 3.56. The van der Waals surface area contributed by atoms with E-state index in [-0.39, 0.29) is 6.42 Å². The van der Waals surface area contributed by atoms with Crippen LogP contribution in [0.25, 0.3) is 0 Å². The van der Waals surface area contributed by atoms with E-state index in [1.807, 2.05) is 0 Å². The molecular formula is C6H10F3N. The third-order valence-corrected chi connectivity index (χ3v) is 0.963. The van der Waals surface area contributed by atoms with Crippen molar-refractivity contribution in [2.24, 2.45) is 5.73 Å². The van der Waals surface area contributed by atoms with Gasteiger partial charge in [0.05, 0.1) is 6.42 Å². The zero-order chi connectivity index (χ0) is 8.20. The number of hydrogen-bond donors (Lipinski definition) is 1. The van der Waals surface area contributed by atoms with E-state index in [4.69, 9.17) is 5.73 Å². The quantitative estimate of drug-likeness (QED) is 0.615. The number of rotatable bonds is 3. The summed E-state index contributed by atoms with van der Waals surface area (Å²) in [4.78, 5) is 0. The Labute approximate surface area is 57.7 Å². The Morgan fingerprint density at radius 1 is 1.50 bits per heavy atom. The van der Waals surface area contributed by atoms with Gasteiger partial charge in [-0.15, -0.1) is 6.58 Å². The minimum Gasteiger partial charge on any atom is -0.327 e. The fourth-order valence-electron chi connectivity index (χ4n) is 0.595. The van der Waals surface area contributed by atoms with E-state index in [0.29, 0.717) is 0 Å². The maximum Gasteiger partial charge on any atom is 0.390 e. The topological polar surface area (TPSA) is 26.0 Å². The van der Waals surface area contributed by atoms with Crippen LogP contribution in [0.4, 0.5) is 13.2 Å². The average molecular weight is 153 g/mol. The molecule has 0 aliphatic rings. The molecule has 4 heteroatoms. The summed E-state index contributed by atoms with van der Waals surface area (Å²) in [6.07, 6.45) is -3.49. The Bertz CT molecular complexity index is 108. The van der Waals surface area contributed by atoms with Gasteiger partial charge in [0, 0.05) is 6.04 Å². The van der Waals surface area contributed by atoms with Crippen LogP contribution in [0.2, 0.25) is 0 Å². The van der Waals surface area contributed by atoms with Gasteiger partial charge in [0.2, 0.25) is 0 Å². The first kappa shape index (κ1) is 9.49. The van der Waals surface area contributed by atoms with Crippen LogP contribution in [0, 0.1) is 0 Å². The Hall–Kier alpha value is -0.510. The zero-order valence-electron chi connectivity index (χ0n) is 5.49. The minimum atomic E-state index is -4.15. The molecule has 0 saturated carbocycles. The molecule has 0 heterocycles. The van der Waals surface area contributed by atoms with E-state index in [9.17, 15) is 13.2 Å². The van der Waals surface area contributed by atoms with Crippen molar-refractivity contribution < 1.29 is 13.2 Å². The lowest BCUT2D eigenvalue weighted by Gasteiger charge is -2.10. The normalized spacial score (nSPS) is 14.8. The largest absolute Gasteiger partial charge is 0.390 e. The summed E-state index contributed by atoms with van der Waals surface area (Å²) < 4.78 is 34.5. The van der Waals surface area contributed by atoms with Crippen LogP contribution in [-0.4, -0.2) is 12.2 Å². The highest BCUT2D eigenvalue weighted by Gasteiger charge is 2.29. The van der Waals surface area contributed by atoms with Gasteiger partial charge in [-0.05, 0) is 6.42 Å². The van der Waals surface area contributed by atoms with Crippen LogP contribution in [0.1, 0.15) is 12.8 Å². The second-order valence-corrected chi connectivity index (χ2v) is 2.10. The highest BCUT2D eigenvalue weighted by atomic mass is 19.4. The van der Waals surface area contributed by atoms with E-state index in [1.165, 1.54) is 6.08 Å². The number of hydrogen-bond acceptors (Lipinski definition) is 1. The van der Waals surface area contributed by atoms with Gasteiger partial charge in [0.25, 0.3) is 0 Å². The molecule has 0 aromatic carbocycles. The number of alkyl halides is 3. The van der Waals surface area contributed by atoms with Crippen LogP contribution in [0.5, 0.6) is 0 Å². The first-order chi connectivity index (χ1) is 4.45. The molecule has 2 N–H and O–H groups in total. The molecule has 0 aliphatic carbocycles. The fourth-order valence-corrected chi connectivity index (χ4v) is 0.595. The maximum atomic E-state index is 11.5. The first-order valence-electron chi connectivity index (χ1n) is 2.89. The van der Waals surface area contributed by atoms with E-state index in [1.54, 1.807) is 0 Å². The van der Waals surface area contributed by atoms with E-state index >= 15 is 0 Å². The molecule has 0 aromatic heterocycles. The van der Waals surface area contributed by atoms with Gasteiger partial charge in [0.15, 0.2) is 0 Å². The monoisotopic (exact) mass is 153 g/mol. The molecular weight excluding hydrogens is 143 g/mol. The predicted octanol–water partition coefficient (Wildman–Crippen LogP) is 1.84. The molecule has 0 amide bonds. The van der Waals surface area contributed by atoms with E-state index in [2.05, 4.69) is 6.58 Å². The highest BCUT2D eigenvalue weighted by Crippen LogP contribution is 2.21. The van der Waals surface area contributed by atoms with E-state index in [0.717, 1.165) is 0 Å². The zero-order valence-corrected chi connectivity index (χ0v) is 5.49. The molecule has 0 fully saturated rings. The third kappa shape index (κ3) is 5.62. The van der Waals surface area contributed by atoms with Crippen LogP contribution < -0.4 is 5.73 Å². The summed E-state index contributed by atoms with van der Waals surface area (Å²) in [5.41, 5.74) is 5.08. The van der Waals surface area contributed by atoms with Gasteiger partial charge in [-0.2, -0.15) is 13.2 Å². The van der Waals surface area contributed by atoms with Crippen molar-refractivity contribution in [3.63, 3.8) is 0 Å². The summed E-state index contributed by atoms with van der Waals surface area (Å²) >= 11 is 0. The minimum absolute atomic E-state index is 0.208. The Kier molecular flexibility index (Phi) is 3.42. The van der Waals surface area contributed by atoms with Gasteiger partial charge in [0.1, 0.15) is 0 Å². The van der Waals surface area contributed by atoms with E-state index < -0.39 is 18.6 Å². The molecule has 0 aliphatic heterocycles. The molecule has 0 spiro atoms. The highest BCUT2D eigenvalue weighted by molar-refractivity contribution is 4.76. The lowest BCUT2D eigenvalue weighted by Crippen LogP contribution is -2.26. The van der Waals surface area contributed by atoms with Crippen LogP contribution in [0.15, 0.2) is 12.7 Å². The first-order valence-corrected chi connectivity index (χ1v) is 2.89. The fraction of sp³-hybridized carbons (Fsp3) is 0.667. The Morgan fingerprint density at radius 2 is 2.00 bits per heavy atom. The van der Waals surface area contributed by atoms with Gasteiger partial charge in [-0.25, -0.2) is 0 Å². The van der Waals surface area contributed by atoms with Crippen molar-refractivity contribution >= 4 is 0 Å². The number of nitrogens with two attached hydrogens (primary N) is 1. The van der Waals surface area contributed by atoms with Crippen molar-refractivity contribution in [2.45, 2.75) is 25.1 Å². The molecule has 0 unspecified atom stereocenters. The Morgan fingerprint density at radius 3 is 2.30 bits per heavy atom. The molecule has 0 saturated heterocycles. The lowest BCUT2D eigenvalue weighted by molar-refractivity contribution is -0.137. The molecule has 0 aromatic rings. The summed E-state index contributed by atoms with van der Waals surface area (Å²) in [6, 6.07) is -0.836. The standard InChI is InChI=1S/C6H10F3N/c1-2-3-5(10)4-6(7,8)9/h2,5H,1,3-4,10H2/t5-/m1/s1. The molecule has 1 atom stereocenters. The van der Waals surface area contributed by atoms with Crippen molar-refractivity contribution in [2.75, 3.05) is 0 Å². The van der Waals surface area contributed by atoms with Crippen molar-refractivity contribution in [1.82, 2.24) is 0 Å². The lowest BCUT2D eigenvalue weighted by atomic mass is 10.1. The molecule has 0 rings (SSSR count). The van der Waals surface area contributed by atoms with Gasteiger partial charge >= 0.3 is 6.18 Å². The molecule has 0 bridgehead atoms. The maximum absolute atomic E-state index is 11.5. The summed E-state index contributed by atoms with van der Waals surface area (Å²) in [7, 11) is 0. The van der Waals surface area contributed by atoms with Gasteiger partial charge in [-0.1, -0.05) is 6.08 Å². The second kappa shape index (κ2) is 3.61.